The van der Waals surface area contributed by atoms with Crippen LogP contribution in [-0.4, -0.2) is 45.4 Å². The molecular weight excluding hydrogens is 328 g/mol. The van der Waals surface area contributed by atoms with E-state index >= 15 is 0 Å². The lowest BCUT2D eigenvalue weighted by atomic mass is 10.2. The van der Waals surface area contributed by atoms with Crippen LogP contribution in [0.25, 0.3) is 16.7 Å². The van der Waals surface area contributed by atoms with E-state index in [1.165, 1.54) is 16.4 Å². The molecular formula is C14H14N8OS. The summed E-state index contributed by atoms with van der Waals surface area (Å²) in [6.07, 6.45) is 3.59. The van der Waals surface area contributed by atoms with Gasteiger partial charge in [0.1, 0.15) is 11.6 Å². The quantitative estimate of drug-likeness (QED) is 0.501. The molecule has 4 heterocycles. The number of thioether (sulfide) groups is 1. The predicted molar refractivity (Wildman–Crippen MR) is 89.4 cm³/mol. The summed E-state index contributed by atoms with van der Waals surface area (Å²) in [4.78, 5) is 21.8. The summed E-state index contributed by atoms with van der Waals surface area (Å²) in [6.45, 7) is 5.40. The SMILES string of the molecule is CSc1nc2nc(C)c3c(=O)n(-n4c(C)nnc4C)ccc3n2n1. The third-order valence-corrected chi connectivity index (χ3v) is 4.37. The molecule has 0 fully saturated rings. The summed E-state index contributed by atoms with van der Waals surface area (Å²) in [5, 5.41) is 13.5. The summed E-state index contributed by atoms with van der Waals surface area (Å²) in [5.74, 6) is 1.75. The Kier molecular flexibility index (Phi) is 3.17. The third-order valence-electron chi connectivity index (χ3n) is 3.83. The van der Waals surface area contributed by atoms with Crippen molar-refractivity contribution >= 4 is 28.4 Å². The van der Waals surface area contributed by atoms with Crippen molar-refractivity contribution in [2.75, 3.05) is 6.26 Å². The van der Waals surface area contributed by atoms with E-state index < -0.39 is 0 Å². The number of hydrogen-bond donors (Lipinski definition) is 0. The first-order valence-corrected chi connectivity index (χ1v) is 8.45. The van der Waals surface area contributed by atoms with Crippen molar-refractivity contribution in [3.8, 4) is 0 Å². The lowest BCUT2D eigenvalue weighted by molar-refractivity contribution is 0.594. The fourth-order valence-corrected chi connectivity index (χ4v) is 3.11. The van der Waals surface area contributed by atoms with E-state index in [2.05, 4.69) is 25.3 Å². The Bertz CT molecular complexity index is 1140. The Balaban J connectivity index is 2.12. The van der Waals surface area contributed by atoms with E-state index in [4.69, 9.17) is 0 Å². The zero-order chi connectivity index (χ0) is 17.0. The molecule has 0 N–H and O–H groups in total. The average Bonchev–Trinajstić information content (AvgIpc) is 3.11. The lowest BCUT2D eigenvalue weighted by Crippen LogP contribution is -2.28. The number of pyridine rings is 1. The van der Waals surface area contributed by atoms with Gasteiger partial charge in [-0.3, -0.25) is 4.79 Å². The molecule has 0 saturated carbocycles. The summed E-state index contributed by atoms with van der Waals surface area (Å²) >= 11 is 1.43. The number of nitrogens with zero attached hydrogens (tertiary/aromatic N) is 8. The van der Waals surface area contributed by atoms with Crippen molar-refractivity contribution in [2.24, 2.45) is 0 Å². The summed E-state index contributed by atoms with van der Waals surface area (Å²) in [6, 6.07) is 1.83. The molecule has 0 aliphatic carbocycles. The highest BCUT2D eigenvalue weighted by atomic mass is 32.2. The topological polar surface area (TPSA) is 95.8 Å². The molecule has 4 rings (SSSR count). The van der Waals surface area contributed by atoms with Gasteiger partial charge in [-0.25, -0.2) is 14.3 Å². The summed E-state index contributed by atoms with van der Waals surface area (Å²) in [5.41, 5.74) is 1.09. The molecule has 122 valence electrons. The van der Waals surface area contributed by atoms with Gasteiger partial charge in [0.2, 0.25) is 5.16 Å². The summed E-state index contributed by atoms with van der Waals surface area (Å²) in [7, 11) is 0. The maximum atomic E-state index is 13.1. The van der Waals surface area contributed by atoms with Crippen molar-refractivity contribution in [1.82, 2.24) is 39.1 Å². The van der Waals surface area contributed by atoms with Gasteiger partial charge in [0, 0.05) is 6.20 Å². The second-order valence-corrected chi connectivity index (χ2v) is 6.11. The molecule has 24 heavy (non-hydrogen) atoms. The van der Waals surface area contributed by atoms with Crippen LogP contribution in [0.4, 0.5) is 0 Å². The van der Waals surface area contributed by atoms with Crippen LogP contribution in [0.5, 0.6) is 0 Å². The van der Waals surface area contributed by atoms with Crippen molar-refractivity contribution in [3.05, 3.63) is 40.0 Å². The van der Waals surface area contributed by atoms with Crippen LogP contribution in [0.2, 0.25) is 0 Å². The van der Waals surface area contributed by atoms with Gasteiger partial charge in [-0.1, -0.05) is 11.8 Å². The van der Waals surface area contributed by atoms with Crippen LogP contribution in [0.1, 0.15) is 17.3 Å². The number of aromatic nitrogens is 8. The standard InChI is InChI=1S/C14H14N8OS/c1-7-11-10(21-13(15-7)16-14(19-21)24-4)5-6-20(12(11)23)22-8(2)17-18-9(22)3/h5-6H,1-4H3. The molecule has 0 aliphatic heterocycles. The minimum atomic E-state index is -0.202. The van der Waals surface area contributed by atoms with Gasteiger partial charge in [-0.15, -0.1) is 15.3 Å². The van der Waals surface area contributed by atoms with Crippen LogP contribution >= 0.6 is 11.8 Å². The van der Waals surface area contributed by atoms with Crippen molar-refractivity contribution < 1.29 is 0 Å². The van der Waals surface area contributed by atoms with Crippen molar-refractivity contribution in [1.29, 1.82) is 0 Å². The monoisotopic (exact) mass is 342 g/mol. The van der Waals surface area contributed by atoms with Crippen LogP contribution in [-0.2, 0) is 0 Å². The van der Waals surface area contributed by atoms with E-state index in [-0.39, 0.29) is 5.56 Å². The highest BCUT2D eigenvalue weighted by molar-refractivity contribution is 7.98. The lowest BCUT2D eigenvalue weighted by Gasteiger charge is -2.11. The van der Waals surface area contributed by atoms with Gasteiger partial charge in [-0.2, -0.15) is 9.50 Å². The normalized spacial score (nSPS) is 11.7. The molecule has 0 aliphatic rings. The number of hydrogen-bond acceptors (Lipinski definition) is 7. The molecule has 10 heteroatoms. The van der Waals surface area contributed by atoms with Crippen LogP contribution in [0.3, 0.4) is 0 Å². The van der Waals surface area contributed by atoms with Crippen molar-refractivity contribution in [2.45, 2.75) is 25.9 Å². The van der Waals surface area contributed by atoms with E-state index in [9.17, 15) is 4.79 Å². The van der Waals surface area contributed by atoms with Crippen molar-refractivity contribution in [3.63, 3.8) is 0 Å². The Morgan fingerprint density at radius 2 is 1.79 bits per heavy atom. The molecule has 0 spiro atoms. The molecule has 9 nitrogen and oxygen atoms in total. The maximum absolute atomic E-state index is 13.1. The Hall–Kier alpha value is -2.75. The van der Waals surface area contributed by atoms with E-state index in [0.717, 1.165) is 0 Å². The molecule has 0 unspecified atom stereocenters. The van der Waals surface area contributed by atoms with Gasteiger partial charge in [0.05, 0.1) is 16.6 Å². The highest BCUT2D eigenvalue weighted by Gasteiger charge is 2.16. The minimum Gasteiger partial charge on any atom is -0.267 e. The Labute approximate surface area is 140 Å². The van der Waals surface area contributed by atoms with Gasteiger partial charge in [-0.05, 0) is 33.1 Å². The average molecular weight is 342 g/mol. The number of rotatable bonds is 2. The molecule has 0 atom stereocenters. The van der Waals surface area contributed by atoms with Gasteiger partial charge < -0.3 is 0 Å². The third kappa shape index (κ3) is 1.96. The zero-order valence-electron chi connectivity index (χ0n) is 13.5. The van der Waals surface area contributed by atoms with E-state index in [1.54, 1.807) is 36.2 Å². The summed E-state index contributed by atoms with van der Waals surface area (Å²) < 4.78 is 4.76. The molecule has 4 aromatic rings. The van der Waals surface area contributed by atoms with Gasteiger partial charge >= 0.3 is 0 Å². The fraction of sp³-hybridized carbons (Fsp3) is 0.286. The molecule has 0 saturated heterocycles. The Morgan fingerprint density at radius 3 is 2.46 bits per heavy atom. The number of aryl methyl sites for hydroxylation is 3. The fourth-order valence-electron chi connectivity index (χ4n) is 2.78. The number of fused-ring (bicyclic) bond motifs is 3. The maximum Gasteiger partial charge on any atom is 0.281 e. The first-order valence-electron chi connectivity index (χ1n) is 7.23. The van der Waals surface area contributed by atoms with Crippen LogP contribution in [0.15, 0.2) is 22.2 Å². The second-order valence-electron chi connectivity index (χ2n) is 5.34. The Morgan fingerprint density at radius 1 is 1.08 bits per heavy atom. The zero-order valence-corrected chi connectivity index (χ0v) is 14.4. The molecule has 0 radical (unpaired) electrons. The smallest absolute Gasteiger partial charge is 0.267 e. The predicted octanol–water partition coefficient (Wildman–Crippen LogP) is 0.989. The minimum absolute atomic E-state index is 0.202. The van der Waals surface area contributed by atoms with Gasteiger partial charge in [0.15, 0.2) is 0 Å². The first kappa shape index (κ1) is 14.8. The molecule has 4 aromatic heterocycles. The second kappa shape index (κ2) is 5.13. The highest BCUT2D eigenvalue weighted by Crippen LogP contribution is 2.17. The van der Waals surface area contributed by atoms with Gasteiger partial charge in [0.25, 0.3) is 11.3 Å². The van der Waals surface area contributed by atoms with E-state index in [1.807, 2.05) is 12.3 Å². The van der Waals surface area contributed by atoms with E-state index in [0.29, 0.717) is 39.2 Å². The van der Waals surface area contributed by atoms with Crippen LogP contribution in [0, 0.1) is 20.8 Å². The van der Waals surface area contributed by atoms with Crippen LogP contribution < -0.4 is 5.56 Å². The molecule has 0 aromatic carbocycles. The molecule has 0 amide bonds. The molecule has 0 bridgehead atoms. The first-order chi connectivity index (χ1) is 11.5. The largest absolute Gasteiger partial charge is 0.281 e.